The van der Waals surface area contributed by atoms with E-state index >= 15 is 0 Å². The van der Waals surface area contributed by atoms with Crippen LogP contribution in [0.1, 0.15) is 266 Å². The minimum Gasteiger partial charge on any atom is -0.462 e. The van der Waals surface area contributed by atoms with E-state index in [1.54, 1.807) is 0 Å². The highest BCUT2D eigenvalue weighted by molar-refractivity contribution is 5.71. The number of hydrogen-bond acceptors (Lipinski definition) is 6. The van der Waals surface area contributed by atoms with Crippen molar-refractivity contribution in [3.8, 4) is 0 Å². The van der Waals surface area contributed by atoms with E-state index in [1.807, 2.05) is 0 Å². The number of carbonyl (C=O) groups is 3. The molecule has 6 heteroatoms. The molecule has 0 saturated heterocycles. The van der Waals surface area contributed by atoms with Crippen LogP contribution in [0.5, 0.6) is 0 Å². The van der Waals surface area contributed by atoms with Crippen LogP contribution in [-0.4, -0.2) is 37.2 Å². The molecular weight excluding hydrogens is 685 g/mol. The van der Waals surface area contributed by atoms with Gasteiger partial charge in [-0.2, -0.15) is 0 Å². The predicted octanol–water partition coefficient (Wildman–Crippen LogP) is 15.4. The number of esters is 3. The maximum absolute atomic E-state index is 12.5. The number of hydrogen-bond donors (Lipinski definition) is 0. The average Bonchev–Trinajstić information content (AvgIpc) is 3.18. The van der Waals surface area contributed by atoms with E-state index in [0.717, 1.165) is 76.0 Å². The molecule has 0 aromatic rings. The van der Waals surface area contributed by atoms with Crippen LogP contribution in [0, 0.1) is 11.8 Å². The molecule has 0 aliphatic rings. The predicted molar refractivity (Wildman–Crippen MR) is 233 cm³/mol. The summed E-state index contributed by atoms with van der Waals surface area (Å²) in [5.74, 6) is 0.898. The van der Waals surface area contributed by atoms with Crippen molar-refractivity contribution in [3.05, 3.63) is 0 Å². The van der Waals surface area contributed by atoms with Gasteiger partial charge in [0.1, 0.15) is 13.2 Å². The van der Waals surface area contributed by atoms with Crippen LogP contribution < -0.4 is 0 Å². The Labute approximate surface area is 342 Å². The number of carbonyl (C=O) groups excluding carboxylic acids is 3. The Balaban J connectivity index is 4.10. The summed E-state index contributed by atoms with van der Waals surface area (Å²) >= 11 is 0. The highest BCUT2D eigenvalue weighted by Gasteiger charge is 2.19. The fourth-order valence-electron chi connectivity index (χ4n) is 7.22. The van der Waals surface area contributed by atoms with E-state index < -0.39 is 6.10 Å². The van der Waals surface area contributed by atoms with Crippen molar-refractivity contribution in [1.82, 2.24) is 0 Å². The van der Waals surface area contributed by atoms with Crippen LogP contribution in [-0.2, 0) is 28.6 Å². The van der Waals surface area contributed by atoms with Gasteiger partial charge in [0.05, 0.1) is 0 Å². The van der Waals surface area contributed by atoms with Gasteiger partial charge in [0.2, 0.25) is 0 Å². The Bertz CT molecular complexity index is 843. The Morgan fingerprint density at radius 1 is 0.364 bits per heavy atom. The molecular formula is C49H94O6. The van der Waals surface area contributed by atoms with Gasteiger partial charge in [0, 0.05) is 19.3 Å². The van der Waals surface area contributed by atoms with Gasteiger partial charge >= 0.3 is 17.9 Å². The second kappa shape index (κ2) is 42.0. The smallest absolute Gasteiger partial charge is 0.306 e. The van der Waals surface area contributed by atoms with E-state index in [9.17, 15) is 14.4 Å². The molecule has 0 aliphatic carbocycles. The van der Waals surface area contributed by atoms with Gasteiger partial charge in [-0.3, -0.25) is 14.4 Å². The van der Waals surface area contributed by atoms with Crippen LogP contribution in [0.4, 0.5) is 0 Å². The second-order valence-electron chi connectivity index (χ2n) is 17.2. The van der Waals surface area contributed by atoms with Gasteiger partial charge in [-0.1, -0.05) is 227 Å². The first-order valence-electron chi connectivity index (χ1n) is 24.3. The lowest BCUT2D eigenvalue weighted by molar-refractivity contribution is -0.167. The summed E-state index contributed by atoms with van der Waals surface area (Å²) in [4.78, 5) is 37.5. The quantitative estimate of drug-likeness (QED) is 0.0348. The molecule has 0 spiro atoms. The summed E-state index contributed by atoms with van der Waals surface area (Å²) in [6.45, 7) is 11.3. The third-order valence-electron chi connectivity index (χ3n) is 11.7. The Kier molecular flexibility index (Phi) is 40.8. The summed E-state index contributed by atoms with van der Waals surface area (Å²) in [6.07, 6.45) is 41.1. The SMILES string of the molecule is CCCCCCCC(=O)O[C@H](COC(=O)CCCCCCCCCCCCCCCCC(C)CC)COC(=O)CCCCCCCCCCCCC(C)CC. The maximum atomic E-state index is 12.5. The summed E-state index contributed by atoms with van der Waals surface area (Å²) in [5, 5.41) is 0. The van der Waals surface area contributed by atoms with Crippen molar-refractivity contribution < 1.29 is 28.6 Å². The highest BCUT2D eigenvalue weighted by Crippen LogP contribution is 2.18. The molecule has 0 rings (SSSR count). The first-order valence-corrected chi connectivity index (χ1v) is 24.3. The van der Waals surface area contributed by atoms with E-state index in [0.29, 0.717) is 19.3 Å². The van der Waals surface area contributed by atoms with E-state index in [-0.39, 0.29) is 31.1 Å². The largest absolute Gasteiger partial charge is 0.462 e. The third-order valence-corrected chi connectivity index (χ3v) is 11.7. The minimum absolute atomic E-state index is 0.0657. The highest BCUT2D eigenvalue weighted by atomic mass is 16.6. The van der Waals surface area contributed by atoms with E-state index in [1.165, 1.54) is 148 Å². The Morgan fingerprint density at radius 2 is 0.636 bits per heavy atom. The Hall–Kier alpha value is -1.59. The molecule has 0 heterocycles. The van der Waals surface area contributed by atoms with E-state index in [2.05, 4.69) is 34.6 Å². The summed E-state index contributed by atoms with van der Waals surface area (Å²) in [5.41, 5.74) is 0. The number of ether oxygens (including phenoxy) is 3. The molecule has 55 heavy (non-hydrogen) atoms. The molecule has 0 fully saturated rings. The second-order valence-corrected chi connectivity index (χ2v) is 17.2. The average molecular weight is 779 g/mol. The van der Waals surface area contributed by atoms with Gasteiger partial charge in [-0.15, -0.1) is 0 Å². The molecule has 0 aromatic carbocycles. The molecule has 2 unspecified atom stereocenters. The lowest BCUT2D eigenvalue weighted by Gasteiger charge is -2.18. The lowest BCUT2D eigenvalue weighted by Crippen LogP contribution is -2.30. The lowest BCUT2D eigenvalue weighted by atomic mass is 9.99. The zero-order valence-corrected chi connectivity index (χ0v) is 37.6. The monoisotopic (exact) mass is 779 g/mol. The zero-order chi connectivity index (χ0) is 40.5. The number of rotatable bonds is 43. The number of unbranched alkanes of at least 4 members (excludes halogenated alkanes) is 26. The van der Waals surface area contributed by atoms with Crippen LogP contribution in [0.3, 0.4) is 0 Å². The minimum atomic E-state index is -0.759. The topological polar surface area (TPSA) is 78.9 Å². The molecule has 0 aromatic heterocycles. The summed E-state index contributed by atoms with van der Waals surface area (Å²) < 4.78 is 16.6. The molecule has 0 amide bonds. The van der Waals surface area contributed by atoms with Crippen molar-refractivity contribution in [1.29, 1.82) is 0 Å². The molecule has 0 N–H and O–H groups in total. The molecule has 0 radical (unpaired) electrons. The molecule has 0 bridgehead atoms. The fraction of sp³-hybridized carbons (Fsp3) is 0.939. The summed E-state index contributed by atoms with van der Waals surface area (Å²) in [7, 11) is 0. The van der Waals surface area contributed by atoms with Crippen molar-refractivity contribution >= 4 is 17.9 Å². The molecule has 3 atom stereocenters. The molecule has 6 nitrogen and oxygen atoms in total. The van der Waals surface area contributed by atoms with Crippen LogP contribution in [0.25, 0.3) is 0 Å². The third kappa shape index (κ3) is 40.4. The van der Waals surface area contributed by atoms with Gasteiger partial charge < -0.3 is 14.2 Å². The van der Waals surface area contributed by atoms with Crippen LogP contribution >= 0.6 is 0 Å². The van der Waals surface area contributed by atoms with Gasteiger partial charge in [-0.05, 0) is 31.1 Å². The van der Waals surface area contributed by atoms with Crippen molar-refractivity contribution in [2.24, 2.45) is 11.8 Å². The normalized spacial score (nSPS) is 13.0. The van der Waals surface area contributed by atoms with Crippen LogP contribution in [0.2, 0.25) is 0 Å². The molecule has 326 valence electrons. The van der Waals surface area contributed by atoms with Gasteiger partial charge in [-0.25, -0.2) is 0 Å². The molecule has 0 aliphatic heterocycles. The van der Waals surface area contributed by atoms with Crippen LogP contribution in [0.15, 0.2) is 0 Å². The van der Waals surface area contributed by atoms with Crippen molar-refractivity contribution in [2.75, 3.05) is 13.2 Å². The van der Waals surface area contributed by atoms with Gasteiger partial charge in [0.15, 0.2) is 6.10 Å². The van der Waals surface area contributed by atoms with Crippen molar-refractivity contribution in [2.45, 2.75) is 272 Å². The zero-order valence-electron chi connectivity index (χ0n) is 37.6. The fourth-order valence-corrected chi connectivity index (χ4v) is 7.22. The van der Waals surface area contributed by atoms with E-state index in [4.69, 9.17) is 14.2 Å². The molecule has 0 saturated carbocycles. The van der Waals surface area contributed by atoms with Gasteiger partial charge in [0.25, 0.3) is 0 Å². The Morgan fingerprint density at radius 3 is 0.945 bits per heavy atom. The first kappa shape index (κ1) is 53.4. The standard InChI is InChI=1S/C49H94O6/c1-6-9-10-27-36-41-49(52)55-46(43-54-48(51)40-35-31-26-22-18-17-20-24-29-33-38-45(5)8-3)42-53-47(50)39-34-30-25-21-16-14-12-11-13-15-19-23-28-32-37-44(4)7-2/h44-46H,6-43H2,1-5H3/t44?,45?,46-/m1/s1. The van der Waals surface area contributed by atoms with Crippen molar-refractivity contribution in [3.63, 3.8) is 0 Å². The summed E-state index contributed by atoms with van der Waals surface area (Å²) in [6, 6.07) is 0. The first-order chi connectivity index (χ1) is 26.8. The maximum Gasteiger partial charge on any atom is 0.306 e.